The van der Waals surface area contributed by atoms with E-state index in [9.17, 15) is 13.2 Å². The summed E-state index contributed by atoms with van der Waals surface area (Å²) in [7, 11) is 0. The van der Waals surface area contributed by atoms with Crippen LogP contribution in [0, 0.1) is 0 Å². The molecule has 0 saturated heterocycles. The Balaban J connectivity index is 1.90. The molecule has 0 unspecified atom stereocenters. The predicted molar refractivity (Wildman–Crippen MR) is 70.9 cm³/mol. The fourth-order valence-corrected chi connectivity index (χ4v) is 1.82. The minimum atomic E-state index is -4.37. The first-order valence-electron chi connectivity index (χ1n) is 5.89. The third-order valence-electron chi connectivity index (χ3n) is 2.86. The number of fused-ring (bicyclic) bond motifs is 1. The van der Waals surface area contributed by atoms with Crippen molar-refractivity contribution in [1.29, 1.82) is 0 Å². The summed E-state index contributed by atoms with van der Waals surface area (Å²) in [6, 6.07) is 6.12. The van der Waals surface area contributed by atoms with E-state index in [0.717, 1.165) is 12.1 Å². The Morgan fingerprint density at radius 1 is 1.10 bits per heavy atom. The fourth-order valence-electron chi connectivity index (χ4n) is 1.82. The smallest absolute Gasteiger partial charge is 0.396 e. The molecule has 0 atom stereocenters. The minimum Gasteiger partial charge on any atom is -0.396 e. The largest absolute Gasteiger partial charge is 0.416 e. The number of anilines is 3. The van der Waals surface area contributed by atoms with Crippen LogP contribution in [0.2, 0.25) is 0 Å². The van der Waals surface area contributed by atoms with Gasteiger partial charge in [0.1, 0.15) is 0 Å². The Bertz CT molecular complexity index is 780. The maximum atomic E-state index is 12.5. The van der Waals surface area contributed by atoms with Gasteiger partial charge in [0.15, 0.2) is 5.52 Å². The second-order valence-corrected chi connectivity index (χ2v) is 4.31. The summed E-state index contributed by atoms with van der Waals surface area (Å²) in [5.41, 5.74) is 6.54. The zero-order valence-corrected chi connectivity index (χ0v) is 10.5. The Hall–Kier alpha value is -2.77. The van der Waals surface area contributed by atoms with Gasteiger partial charge in [-0.15, -0.1) is 0 Å². The van der Waals surface area contributed by atoms with Gasteiger partial charge in [-0.2, -0.15) is 13.2 Å². The van der Waals surface area contributed by atoms with Gasteiger partial charge in [-0.3, -0.25) is 0 Å². The number of hydrogen-bond acceptors (Lipinski definition) is 5. The van der Waals surface area contributed by atoms with Crippen LogP contribution < -0.4 is 11.1 Å². The van der Waals surface area contributed by atoms with Crippen molar-refractivity contribution in [3.63, 3.8) is 0 Å². The van der Waals surface area contributed by atoms with Crippen molar-refractivity contribution < 1.29 is 17.7 Å². The standard InChI is InChI=1S/C13H9F3N4O/c14-13(15,16)7-1-3-8(4-2-7)19-12-10-11(21-20-12)9(17)5-6-18-10/h1-6H,(H2,17,18)(H,19,20). The van der Waals surface area contributed by atoms with Crippen molar-refractivity contribution in [3.05, 3.63) is 42.1 Å². The molecule has 3 rings (SSSR count). The summed E-state index contributed by atoms with van der Waals surface area (Å²) in [6.07, 6.45) is -2.87. The first-order valence-corrected chi connectivity index (χ1v) is 5.89. The third-order valence-corrected chi connectivity index (χ3v) is 2.86. The molecular formula is C13H9F3N4O. The van der Waals surface area contributed by atoms with Gasteiger partial charge in [-0.05, 0) is 30.3 Å². The van der Waals surface area contributed by atoms with E-state index in [1.54, 1.807) is 6.07 Å². The maximum absolute atomic E-state index is 12.5. The molecule has 0 fully saturated rings. The topological polar surface area (TPSA) is 77.0 Å². The first-order chi connectivity index (χ1) is 9.95. The Kier molecular flexibility index (Phi) is 2.93. The zero-order valence-electron chi connectivity index (χ0n) is 10.5. The molecule has 0 saturated carbocycles. The highest BCUT2D eigenvalue weighted by Crippen LogP contribution is 2.31. The summed E-state index contributed by atoms with van der Waals surface area (Å²) in [5.74, 6) is 0.289. The van der Waals surface area contributed by atoms with E-state index in [2.05, 4.69) is 15.5 Å². The molecule has 0 aliphatic carbocycles. The molecule has 8 heteroatoms. The lowest BCUT2D eigenvalue weighted by Gasteiger charge is -2.07. The molecule has 0 amide bonds. The number of halogens is 3. The van der Waals surface area contributed by atoms with Gasteiger partial charge in [0.2, 0.25) is 11.4 Å². The highest BCUT2D eigenvalue weighted by molar-refractivity contribution is 5.92. The molecule has 0 bridgehead atoms. The lowest BCUT2D eigenvalue weighted by molar-refractivity contribution is -0.137. The number of nitrogens with two attached hydrogens (primary N) is 1. The molecule has 0 aliphatic rings. The Labute approximate surface area is 116 Å². The van der Waals surface area contributed by atoms with Crippen LogP contribution in [-0.4, -0.2) is 10.1 Å². The number of hydrogen-bond donors (Lipinski definition) is 2. The van der Waals surface area contributed by atoms with Gasteiger partial charge < -0.3 is 15.6 Å². The van der Waals surface area contributed by atoms with Crippen LogP contribution in [0.3, 0.4) is 0 Å². The number of nitrogens with zero attached hydrogens (tertiary/aromatic N) is 2. The van der Waals surface area contributed by atoms with Gasteiger partial charge in [0, 0.05) is 11.9 Å². The fraction of sp³-hybridized carbons (Fsp3) is 0.0769. The van der Waals surface area contributed by atoms with Gasteiger partial charge in [-0.1, -0.05) is 5.16 Å². The Morgan fingerprint density at radius 2 is 1.81 bits per heavy atom. The van der Waals surface area contributed by atoms with E-state index in [0.29, 0.717) is 22.5 Å². The quantitative estimate of drug-likeness (QED) is 0.755. The van der Waals surface area contributed by atoms with E-state index in [1.807, 2.05) is 0 Å². The van der Waals surface area contributed by atoms with Crippen LogP contribution in [0.15, 0.2) is 41.1 Å². The molecule has 2 heterocycles. The van der Waals surface area contributed by atoms with Crippen molar-refractivity contribution in [2.45, 2.75) is 6.18 Å². The third kappa shape index (κ3) is 2.47. The zero-order chi connectivity index (χ0) is 15.0. The minimum absolute atomic E-state index is 0.289. The molecule has 0 radical (unpaired) electrons. The summed E-state index contributed by atoms with van der Waals surface area (Å²) in [6.45, 7) is 0. The molecule has 3 N–H and O–H groups in total. The molecule has 5 nitrogen and oxygen atoms in total. The van der Waals surface area contributed by atoms with Crippen molar-refractivity contribution in [2.75, 3.05) is 11.1 Å². The SMILES string of the molecule is Nc1ccnc2c(Nc3ccc(C(F)(F)F)cc3)noc12. The van der Waals surface area contributed by atoms with Crippen LogP contribution >= 0.6 is 0 Å². The van der Waals surface area contributed by atoms with E-state index < -0.39 is 11.7 Å². The maximum Gasteiger partial charge on any atom is 0.416 e. The number of pyridine rings is 1. The number of nitrogen functional groups attached to an aromatic ring is 1. The van der Waals surface area contributed by atoms with Gasteiger partial charge >= 0.3 is 6.18 Å². The van der Waals surface area contributed by atoms with E-state index in [1.165, 1.54) is 18.3 Å². The predicted octanol–water partition coefficient (Wildman–Crippen LogP) is 3.57. The van der Waals surface area contributed by atoms with Crippen LogP contribution in [0.1, 0.15) is 5.56 Å². The number of aromatic nitrogens is 2. The molecular weight excluding hydrogens is 285 g/mol. The summed E-state index contributed by atoms with van der Waals surface area (Å²) in [4.78, 5) is 4.08. The average Bonchev–Trinajstić information content (AvgIpc) is 2.83. The lowest BCUT2D eigenvalue weighted by Crippen LogP contribution is -2.04. The highest BCUT2D eigenvalue weighted by Gasteiger charge is 2.30. The molecule has 3 aromatic rings. The van der Waals surface area contributed by atoms with E-state index in [4.69, 9.17) is 10.3 Å². The molecule has 2 aromatic heterocycles. The van der Waals surface area contributed by atoms with Crippen molar-refractivity contribution in [3.8, 4) is 0 Å². The van der Waals surface area contributed by atoms with Crippen LogP contribution in [-0.2, 0) is 6.18 Å². The van der Waals surface area contributed by atoms with Crippen molar-refractivity contribution in [1.82, 2.24) is 10.1 Å². The van der Waals surface area contributed by atoms with Crippen molar-refractivity contribution in [2.24, 2.45) is 0 Å². The summed E-state index contributed by atoms with van der Waals surface area (Å²) >= 11 is 0. The number of nitrogens with one attached hydrogen (secondary N) is 1. The van der Waals surface area contributed by atoms with Gasteiger partial charge in [0.05, 0.1) is 11.3 Å². The van der Waals surface area contributed by atoms with Crippen LogP contribution in [0.25, 0.3) is 11.1 Å². The average molecular weight is 294 g/mol. The number of alkyl halides is 3. The van der Waals surface area contributed by atoms with Crippen LogP contribution in [0.5, 0.6) is 0 Å². The first kappa shape index (κ1) is 13.2. The lowest BCUT2D eigenvalue weighted by atomic mass is 10.2. The highest BCUT2D eigenvalue weighted by atomic mass is 19.4. The molecule has 0 spiro atoms. The Morgan fingerprint density at radius 3 is 2.48 bits per heavy atom. The molecule has 21 heavy (non-hydrogen) atoms. The van der Waals surface area contributed by atoms with Crippen molar-refractivity contribution >= 4 is 28.3 Å². The van der Waals surface area contributed by atoms with Gasteiger partial charge in [-0.25, -0.2) is 4.98 Å². The van der Waals surface area contributed by atoms with Gasteiger partial charge in [0.25, 0.3) is 0 Å². The summed E-state index contributed by atoms with van der Waals surface area (Å²) in [5, 5.41) is 6.61. The molecule has 0 aliphatic heterocycles. The number of benzene rings is 1. The molecule has 108 valence electrons. The van der Waals surface area contributed by atoms with E-state index in [-0.39, 0.29) is 5.82 Å². The van der Waals surface area contributed by atoms with E-state index >= 15 is 0 Å². The normalized spacial score (nSPS) is 11.8. The second kappa shape index (κ2) is 4.65. The monoisotopic (exact) mass is 294 g/mol. The number of rotatable bonds is 2. The van der Waals surface area contributed by atoms with Crippen LogP contribution in [0.4, 0.5) is 30.4 Å². The summed E-state index contributed by atoms with van der Waals surface area (Å²) < 4.78 is 42.5. The molecule has 1 aromatic carbocycles. The second-order valence-electron chi connectivity index (χ2n) is 4.31.